The lowest BCUT2D eigenvalue weighted by atomic mass is 10.2. The number of carbonyl (C=O) groups excluding carboxylic acids is 1. The normalized spacial score (nSPS) is 19.6. The van der Waals surface area contributed by atoms with E-state index in [0.29, 0.717) is 24.0 Å². The lowest BCUT2D eigenvalue weighted by Gasteiger charge is -2.30. The van der Waals surface area contributed by atoms with E-state index in [4.69, 9.17) is 17.0 Å². The molecule has 1 fully saturated rings. The number of benzene rings is 1. The fourth-order valence-corrected chi connectivity index (χ4v) is 5.45. The Morgan fingerprint density at radius 3 is 2.80 bits per heavy atom. The number of nitrogens with one attached hydrogen (secondary N) is 1. The number of thioether (sulfide) groups is 1. The Balaban J connectivity index is 1.75. The molecule has 0 saturated carbocycles. The summed E-state index contributed by atoms with van der Waals surface area (Å²) in [4.78, 5) is 15.6. The van der Waals surface area contributed by atoms with E-state index >= 15 is 0 Å². The maximum atomic E-state index is 12.4. The molecule has 3 rings (SSSR count). The van der Waals surface area contributed by atoms with Crippen LogP contribution in [0.15, 0.2) is 47.8 Å². The standard InChI is InChI=1S/C18H20N2O2S3/c1-2-22-17(21)14-12-25-16(15-9-6-10-24-15)20(14)18(23)19-11-13-7-4-3-5-8-13/h3-10,14,16H,2,11-12H2,1H3,(H,19,23)/t14-,16?/m1/s1. The number of hydrogen-bond acceptors (Lipinski definition) is 5. The van der Waals surface area contributed by atoms with Crippen LogP contribution in [0.3, 0.4) is 0 Å². The Hall–Kier alpha value is -1.57. The number of carbonyl (C=O) groups is 1. The van der Waals surface area contributed by atoms with E-state index in [1.54, 1.807) is 23.1 Å². The fourth-order valence-electron chi connectivity index (χ4n) is 2.69. The van der Waals surface area contributed by atoms with Crippen LogP contribution in [0.25, 0.3) is 0 Å². The Kier molecular flexibility index (Phi) is 6.34. The van der Waals surface area contributed by atoms with Crippen LogP contribution in [0.4, 0.5) is 0 Å². The number of thiophene rings is 1. The minimum atomic E-state index is -0.354. The third kappa shape index (κ3) is 4.34. The molecule has 4 nitrogen and oxygen atoms in total. The van der Waals surface area contributed by atoms with E-state index in [1.165, 1.54) is 4.88 Å². The molecule has 0 aliphatic carbocycles. The van der Waals surface area contributed by atoms with Gasteiger partial charge in [-0.3, -0.25) is 0 Å². The number of hydrogen-bond donors (Lipinski definition) is 1. The maximum absolute atomic E-state index is 12.4. The predicted molar refractivity (Wildman–Crippen MR) is 108 cm³/mol. The van der Waals surface area contributed by atoms with Crippen molar-refractivity contribution in [1.29, 1.82) is 0 Å². The van der Waals surface area contributed by atoms with Crippen molar-refractivity contribution < 1.29 is 9.53 Å². The predicted octanol–water partition coefficient (Wildman–Crippen LogP) is 3.80. The van der Waals surface area contributed by atoms with E-state index in [-0.39, 0.29) is 17.4 Å². The van der Waals surface area contributed by atoms with Gasteiger partial charge in [-0.2, -0.15) is 0 Å². The zero-order valence-electron chi connectivity index (χ0n) is 13.9. The average Bonchev–Trinajstić information content (AvgIpc) is 3.29. The zero-order valence-corrected chi connectivity index (χ0v) is 16.3. The summed E-state index contributed by atoms with van der Waals surface area (Å²) in [5.74, 6) is 0.465. The highest BCUT2D eigenvalue weighted by Crippen LogP contribution is 2.43. The van der Waals surface area contributed by atoms with Crippen LogP contribution >= 0.6 is 35.3 Å². The lowest BCUT2D eigenvalue weighted by molar-refractivity contribution is -0.147. The second kappa shape index (κ2) is 8.69. The van der Waals surface area contributed by atoms with Crippen LogP contribution < -0.4 is 5.32 Å². The van der Waals surface area contributed by atoms with E-state index in [2.05, 4.69) is 11.4 Å². The van der Waals surface area contributed by atoms with Gasteiger partial charge >= 0.3 is 5.97 Å². The summed E-state index contributed by atoms with van der Waals surface area (Å²) in [6.45, 7) is 2.84. The summed E-state index contributed by atoms with van der Waals surface area (Å²) >= 11 is 9.05. The Morgan fingerprint density at radius 2 is 2.12 bits per heavy atom. The fraction of sp³-hybridized carbons (Fsp3) is 0.333. The summed E-state index contributed by atoms with van der Waals surface area (Å²) in [5.41, 5.74) is 1.15. The van der Waals surface area contributed by atoms with Crippen molar-refractivity contribution in [2.75, 3.05) is 12.4 Å². The van der Waals surface area contributed by atoms with Gasteiger partial charge in [-0.05, 0) is 36.2 Å². The van der Waals surface area contributed by atoms with Gasteiger partial charge in [0.25, 0.3) is 0 Å². The quantitative estimate of drug-likeness (QED) is 0.617. The third-order valence-electron chi connectivity index (χ3n) is 3.87. The first kappa shape index (κ1) is 18.2. The molecule has 1 N–H and O–H groups in total. The zero-order chi connectivity index (χ0) is 17.6. The summed E-state index contributed by atoms with van der Waals surface area (Å²) in [6.07, 6.45) is 0. The van der Waals surface area contributed by atoms with Crippen molar-refractivity contribution >= 4 is 46.4 Å². The van der Waals surface area contributed by atoms with Crippen molar-refractivity contribution in [1.82, 2.24) is 10.2 Å². The molecular formula is C18H20N2O2S3. The van der Waals surface area contributed by atoms with Gasteiger partial charge in [0.1, 0.15) is 11.4 Å². The van der Waals surface area contributed by atoms with Crippen molar-refractivity contribution in [3.63, 3.8) is 0 Å². The number of ether oxygens (including phenoxy) is 1. The topological polar surface area (TPSA) is 41.6 Å². The molecule has 1 unspecified atom stereocenters. The van der Waals surface area contributed by atoms with Crippen LogP contribution in [0.1, 0.15) is 22.7 Å². The van der Waals surface area contributed by atoms with Gasteiger partial charge in [0.05, 0.1) is 6.61 Å². The first-order valence-corrected chi connectivity index (χ1v) is 10.5. The van der Waals surface area contributed by atoms with Gasteiger partial charge in [0.2, 0.25) is 0 Å². The molecule has 1 aliphatic rings. The second-order valence-electron chi connectivity index (χ2n) is 5.52. The molecule has 1 aromatic heterocycles. The van der Waals surface area contributed by atoms with E-state index in [1.807, 2.05) is 53.6 Å². The summed E-state index contributed by atoms with van der Waals surface area (Å²) in [6, 6.07) is 13.8. The molecule has 0 spiro atoms. The first-order chi connectivity index (χ1) is 12.2. The van der Waals surface area contributed by atoms with Gasteiger partial charge in [0.15, 0.2) is 5.11 Å². The van der Waals surface area contributed by atoms with Crippen molar-refractivity contribution in [2.24, 2.45) is 0 Å². The minimum absolute atomic E-state index is 0.0465. The van der Waals surface area contributed by atoms with Crippen molar-refractivity contribution in [3.8, 4) is 0 Å². The highest BCUT2D eigenvalue weighted by atomic mass is 32.2. The molecule has 7 heteroatoms. The van der Waals surface area contributed by atoms with Crippen LogP contribution in [0, 0.1) is 0 Å². The average molecular weight is 393 g/mol. The Bertz CT molecular complexity index is 706. The van der Waals surface area contributed by atoms with Crippen LogP contribution in [-0.2, 0) is 16.1 Å². The molecule has 1 aromatic carbocycles. The van der Waals surface area contributed by atoms with Crippen molar-refractivity contribution in [2.45, 2.75) is 24.9 Å². The summed E-state index contributed by atoms with van der Waals surface area (Å²) in [5, 5.41) is 5.98. The Labute approximate surface area is 161 Å². The first-order valence-electron chi connectivity index (χ1n) is 8.12. The second-order valence-corrected chi connectivity index (χ2v) is 8.00. The smallest absolute Gasteiger partial charge is 0.329 e. The molecule has 25 heavy (non-hydrogen) atoms. The van der Waals surface area contributed by atoms with Crippen molar-refractivity contribution in [3.05, 3.63) is 58.3 Å². The SMILES string of the molecule is CCOC(=O)[C@H]1CSC(c2cccs2)N1C(=S)NCc1ccccc1. The van der Waals surface area contributed by atoms with Gasteiger partial charge in [-0.15, -0.1) is 23.1 Å². The summed E-state index contributed by atoms with van der Waals surface area (Å²) < 4.78 is 5.26. The van der Waals surface area contributed by atoms with Gasteiger partial charge < -0.3 is 15.0 Å². The highest BCUT2D eigenvalue weighted by Gasteiger charge is 2.42. The molecule has 1 saturated heterocycles. The van der Waals surface area contributed by atoms with Crippen LogP contribution in [0.5, 0.6) is 0 Å². The Morgan fingerprint density at radius 1 is 1.32 bits per heavy atom. The van der Waals surface area contributed by atoms with Crippen LogP contribution in [0.2, 0.25) is 0 Å². The molecule has 0 radical (unpaired) electrons. The van der Waals surface area contributed by atoms with E-state index in [0.717, 1.165) is 5.56 Å². The molecule has 2 heterocycles. The lowest BCUT2D eigenvalue weighted by Crippen LogP contribution is -2.48. The molecular weight excluding hydrogens is 372 g/mol. The largest absolute Gasteiger partial charge is 0.464 e. The summed E-state index contributed by atoms with van der Waals surface area (Å²) in [7, 11) is 0. The minimum Gasteiger partial charge on any atom is -0.464 e. The van der Waals surface area contributed by atoms with Gasteiger partial charge in [-0.25, -0.2) is 4.79 Å². The number of rotatable bonds is 5. The molecule has 132 valence electrons. The van der Waals surface area contributed by atoms with Crippen LogP contribution in [-0.4, -0.2) is 34.4 Å². The maximum Gasteiger partial charge on any atom is 0.329 e. The molecule has 2 atom stereocenters. The van der Waals surface area contributed by atoms with E-state index in [9.17, 15) is 4.79 Å². The molecule has 0 bridgehead atoms. The number of thiocarbonyl (C=S) groups is 1. The number of nitrogens with zero attached hydrogens (tertiary/aromatic N) is 1. The van der Waals surface area contributed by atoms with Gasteiger partial charge in [-0.1, -0.05) is 36.4 Å². The van der Waals surface area contributed by atoms with E-state index < -0.39 is 0 Å². The molecule has 1 aliphatic heterocycles. The molecule has 2 aromatic rings. The highest BCUT2D eigenvalue weighted by molar-refractivity contribution is 8.00. The third-order valence-corrected chi connectivity index (χ3v) is 6.60. The molecule has 0 amide bonds. The number of esters is 1. The van der Waals surface area contributed by atoms with Gasteiger partial charge in [0, 0.05) is 17.2 Å². The monoisotopic (exact) mass is 392 g/mol.